The van der Waals surface area contributed by atoms with E-state index >= 15 is 0 Å². The number of nitrogens with zero attached hydrogens (tertiary/aromatic N) is 2. The molecule has 0 spiro atoms. The van der Waals surface area contributed by atoms with Crippen molar-refractivity contribution in [2.24, 2.45) is 0 Å². The Kier molecular flexibility index (Phi) is 1.68. The van der Waals surface area contributed by atoms with E-state index in [9.17, 15) is 0 Å². The Morgan fingerprint density at radius 1 is 1.10 bits per heavy atom. The first kappa shape index (κ1) is 6.32. The van der Waals surface area contributed by atoms with Gasteiger partial charge in [-0.1, -0.05) is 6.07 Å². The molecule has 0 bridgehead atoms. The Bertz CT molecular complexity index is 290. The van der Waals surface area contributed by atoms with Gasteiger partial charge in [0, 0.05) is 0 Å². The van der Waals surface area contributed by atoms with Crippen LogP contribution >= 0.6 is 0 Å². The summed E-state index contributed by atoms with van der Waals surface area (Å²) >= 11 is 0. The number of benzene rings is 1. The molecule has 0 aliphatic heterocycles. The normalized spacial score (nSPS) is 7.80. The summed E-state index contributed by atoms with van der Waals surface area (Å²) in [7, 11) is 0. The summed E-state index contributed by atoms with van der Waals surface area (Å²) in [6.07, 6.45) is 0. The summed E-state index contributed by atoms with van der Waals surface area (Å²) in [6.45, 7) is 0. The predicted octanol–water partition coefficient (Wildman–Crippen LogP) is 1.54. The number of hydrogen-bond acceptors (Lipinski definition) is 2. The molecule has 46 valence electrons. The highest BCUT2D eigenvalue weighted by atomic mass is 14.2. The lowest BCUT2D eigenvalue weighted by atomic mass is 10.2. The van der Waals surface area contributed by atoms with E-state index in [4.69, 9.17) is 10.5 Å². The Hall–Kier alpha value is -1.80. The smallest absolute Gasteiger partial charge is 0.192 e. The monoisotopic (exact) mass is 129 g/mol. The van der Waals surface area contributed by atoms with Gasteiger partial charge in [-0.05, 0) is 18.2 Å². The van der Waals surface area contributed by atoms with Gasteiger partial charge < -0.3 is 0 Å². The van der Waals surface area contributed by atoms with Crippen molar-refractivity contribution in [2.45, 2.75) is 0 Å². The van der Waals surface area contributed by atoms with Gasteiger partial charge in [-0.2, -0.15) is 10.5 Å². The van der Waals surface area contributed by atoms with Crippen LogP contribution in [0, 0.1) is 22.7 Å². The fourth-order valence-corrected chi connectivity index (χ4v) is 0.658. The Balaban J connectivity index is 0.000001000. The van der Waals surface area contributed by atoms with E-state index in [0.29, 0.717) is 11.1 Å². The average molecular weight is 129 g/mol. The minimum absolute atomic E-state index is 0. The summed E-state index contributed by atoms with van der Waals surface area (Å²) in [5, 5.41) is 16.8. The van der Waals surface area contributed by atoms with Crippen LogP contribution < -0.4 is 0 Å². The molecule has 0 N–H and O–H groups in total. The first-order valence-corrected chi connectivity index (χ1v) is 2.77. The van der Waals surface area contributed by atoms with Crippen LogP contribution in [0.4, 0.5) is 0 Å². The van der Waals surface area contributed by atoms with Crippen LogP contribution in [0.5, 0.6) is 0 Å². The van der Waals surface area contributed by atoms with Crippen molar-refractivity contribution in [3.63, 3.8) is 0 Å². The van der Waals surface area contributed by atoms with Crippen LogP contribution in [0.15, 0.2) is 24.3 Å². The van der Waals surface area contributed by atoms with Crippen molar-refractivity contribution in [3.05, 3.63) is 35.4 Å². The Labute approximate surface area is 60.4 Å². The van der Waals surface area contributed by atoms with Crippen molar-refractivity contribution < 1.29 is 1.43 Å². The molecule has 1 aromatic carbocycles. The molecule has 0 heterocycles. The van der Waals surface area contributed by atoms with E-state index in [-0.39, 0.29) is 1.43 Å². The third-order valence-electron chi connectivity index (χ3n) is 1.12. The van der Waals surface area contributed by atoms with Gasteiger partial charge in [-0.15, -0.1) is 0 Å². The topological polar surface area (TPSA) is 47.6 Å². The van der Waals surface area contributed by atoms with Crippen molar-refractivity contribution in [2.75, 3.05) is 0 Å². The zero-order valence-electron chi connectivity index (χ0n) is 6.20. The molecule has 0 unspecified atom stereocenters. The summed E-state index contributed by atoms with van der Waals surface area (Å²) in [6, 6.07) is 10.5. The molecule has 2 nitrogen and oxygen atoms in total. The van der Waals surface area contributed by atoms with Crippen molar-refractivity contribution >= 4 is 0 Å². The van der Waals surface area contributed by atoms with Crippen LogP contribution in [-0.4, -0.2) is 0 Å². The third-order valence-corrected chi connectivity index (χ3v) is 1.12. The van der Waals surface area contributed by atoms with Gasteiger partial charge in [0.15, 0.2) is 0 Å². The summed E-state index contributed by atoms with van der Waals surface area (Å²) in [5.41, 5.74) is 1.05. The van der Waals surface area contributed by atoms with Crippen LogP contribution in [-0.2, 0) is 0 Å². The number of rotatable bonds is 0. The molecule has 0 atom stereocenters. The highest BCUT2D eigenvalue weighted by Gasteiger charge is 1.90. The molecule has 1 aromatic rings. The van der Waals surface area contributed by atoms with Gasteiger partial charge in [0.2, 0.25) is 0 Å². The third kappa shape index (κ3) is 1.13. The van der Waals surface area contributed by atoms with E-state index in [1.807, 2.05) is 12.1 Å². The molecule has 0 aliphatic rings. The van der Waals surface area contributed by atoms with Gasteiger partial charge >= 0.3 is 1.43 Å². The maximum absolute atomic E-state index is 8.40. The van der Waals surface area contributed by atoms with Crippen molar-refractivity contribution in [1.82, 2.24) is 0 Å². The quantitative estimate of drug-likeness (QED) is 0.533. The van der Waals surface area contributed by atoms with E-state index in [1.165, 1.54) is 0 Å². The molecular formula is C8H5N2+. The lowest BCUT2D eigenvalue weighted by molar-refractivity contribution is 1.45. The lowest BCUT2D eigenvalue weighted by Gasteiger charge is -1.86. The molecule has 0 saturated heterocycles. The minimum Gasteiger partial charge on any atom is -0.192 e. The van der Waals surface area contributed by atoms with Crippen LogP contribution in [0.2, 0.25) is 0 Å². The largest absolute Gasteiger partial charge is 1.00 e. The van der Waals surface area contributed by atoms with E-state index < -0.39 is 0 Å². The van der Waals surface area contributed by atoms with Crippen LogP contribution in [0.3, 0.4) is 0 Å². The first-order valence-electron chi connectivity index (χ1n) is 2.77. The Morgan fingerprint density at radius 2 is 1.60 bits per heavy atom. The van der Waals surface area contributed by atoms with Gasteiger partial charge in [0.25, 0.3) is 0 Å². The molecule has 1 rings (SSSR count). The predicted molar refractivity (Wildman–Crippen MR) is 37.0 cm³/mol. The van der Waals surface area contributed by atoms with E-state index in [1.54, 1.807) is 24.3 Å². The van der Waals surface area contributed by atoms with Gasteiger partial charge in [0.1, 0.15) is 0 Å². The number of nitriles is 2. The van der Waals surface area contributed by atoms with Crippen molar-refractivity contribution in [1.29, 1.82) is 10.5 Å². The Morgan fingerprint density at radius 3 is 2.00 bits per heavy atom. The second kappa shape index (κ2) is 2.66. The molecule has 0 radical (unpaired) electrons. The van der Waals surface area contributed by atoms with Crippen LogP contribution in [0.1, 0.15) is 12.6 Å². The number of hydrogen-bond donors (Lipinski definition) is 0. The van der Waals surface area contributed by atoms with Gasteiger partial charge in [-0.25, -0.2) is 0 Å². The van der Waals surface area contributed by atoms with E-state index in [2.05, 4.69) is 0 Å². The highest BCUT2D eigenvalue weighted by Crippen LogP contribution is 2.01. The summed E-state index contributed by atoms with van der Waals surface area (Å²) in [5.74, 6) is 0. The SMILES string of the molecule is N#Cc1cccc(C#N)c1.[H+]. The molecule has 0 amide bonds. The fourth-order valence-electron chi connectivity index (χ4n) is 0.658. The van der Waals surface area contributed by atoms with Gasteiger partial charge in [0.05, 0.1) is 23.3 Å². The summed E-state index contributed by atoms with van der Waals surface area (Å²) < 4.78 is 0. The minimum atomic E-state index is 0. The molecule has 0 aliphatic carbocycles. The molecule has 2 heteroatoms. The average Bonchev–Trinajstić information content (AvgIpc) is 2.05. The second-order valence-electron chi connectivity index (χ2n) is 1.80. The van der Waals surface area contributed by atoms with Crippen LogP contribution in [0.25, 0.3) is 0 Å². The van der Waals surface area contributed by atoms with Gasteiger partial charge in [-0.3, -0.25) is 0 Å². The van der Waals surface area contributed by atoms with Crippen molar-refractivity contribution in [3.8, 4) is 12.1 Å². The second-order valence-corrected chi connectivity index (χ2v) is 1.80. The highest BCUT2D eigenvalue weighted by molar-refractivity contribution is 5.38. The maximum Gasteiger partial charge on any atom is 1.00 e. The lowest BCUT2D eigenvalue weighted by Crippen LogP contribution is -1.75. The van der Waals surface area contributed by atoms with E-state index in [0.717, 1.165) is 0 Å². The zero-order chi connectivity index (χ0) is 7.40. The molecule has 0 saturated carbocycles. The molecule has 0 aromatic heterocycles. The molecular weight excluding hydrogens is 124 g/mol. The zero-order valence-corrected chi connectivity index (χ0v) is 5.20. The molecule has 10 heavy (non-hydrogen) atoms. The maximum atomic E-state index is 8.40. The summed E-state index contributed by atoms with van der Waals surface area (Å²) in [4.78, 5) is 0. The fraction of sp³-hybridized carbons (Fsp3) is 0. The molecule has 0 fully saturated rings. The first-order chi connectivity index (χ1) is 4.86. The standard InChI is InChI=1S/C8H4N2/c9-5-7-2-1-3-8(4-7)6-10/h1-4H/p+1.